The van der Waals surface area contributed by atoms with Gasteiger partial charge in [-0.3, -0.25) is 9.97 Å². The molecule has 8 heteroatoms. The summed E-state index contributed by atoms with van der Waals surface area (Å²) in [5.41, 5.74) is 10.6. The molecule has 0 fully saturated rings. The van der Waals surface area contributed by atoms with E-state index >= 15 is 0 Å². The number of thiophene rings is 6. The molecule has 0 bridgehead atoms. The summed E-state index contributed by atoms with van der Waals surface area (Å²) in [7, 11) is 0. The maximum atomic E-state index is 5.10. The van der Waals surface area contributed by atoms with Crippen molar-refractivity contribution in [1.82, 2.24) is 9.97 Å². The van der Waals surface area contributed by atoms with Crippen LogP contribution in [0.4, 0.5) is 0 Å². The van der Waals surface area contributed by atoms with E-state index in [4.69, 9.17) is 9.97 Å². The normalized spacial score (nSPS) is 11.8. The van der Waals surface area contributed by atoms with Crippen LogP contribution >= 0.6 is 68.0 Å². The molecule has 1 aromatic carbocycles. The van der Waals surface area contributed by atoms with Crippen molar-refractivity contribution in [3.63, 3.8) is 0 Å². The Labute approximate surface area is 379 Å². The van der Waals surface area contributed by atoms with Crippen LogP contribution in [0.1, 0.15) is 101 Å². The van der Waals surface area contributed by atoms with Crippen molar-refractivity contribution in [1.29, 1.82) is 0 Å². The standard InChI is InChI=1S/C52H52N2S6/c1-5-9-15-37-39(17-11-7-3)51(59-49(37)43-19-13-27-55-43)45-25-23-41(57-45)35-29-33-21-22-34-30-36(32-54-48(34)47(33)53-31-35)42-24-26-46(58-42)52-40(18-12-8-4)38(16-10-6-2)50(60-52)44-20-14-28-56-44/h13-14,19-32H,5-12,15-18H2,1-4H3. The van der Waals surface area contributed by atoms with Gasteiger partial charge in [0, 0.05) is 83.1 Å². The van der Waals surface area contributed by atoms with E-state index in [0.717, 1.165) is 47.5 Å². The highest BCUT2D eigenvalue weighted by molar-refractivity contribution is 7.28. The van der Waals surface area contributed by atoms with Gasteiger partial charge in [0.1, 0.15) is 0 Å². The SMILES string of the molecule is CCCCc1c(-c2cccs2)sc(-c2ccc(-c3cnc4c(ccc5cc(-c6ccc(-c7sc(-c8cccs8)c(CCCC)c7CCCC)s6)cnc54)c3)s2)c1CCCC. The van der Waals surface area contributed by atoms with Crippen molar-refractivity contribution in [2.24, 2.45) is 0 Å². The van der Waals surface area contributed by atoms with E-state index in [-0.39, 0.29) is 0 Å². The quantitative estimate of drug-likeness (QED) is 0.0802. The molecule has 0 aliphatic carbocycles. The summed E-state index contributed by atoms with van der Waals surface area (Å²) in [5, 5.41) is 6.70. The fourth-order valence-electron chi connectivity index (χ4n) is 8.37. The molecule has 0 atom stereocenters. The third kappa shape index (κ3) is 8.41. The zero-order chi connectivity index (χ0) is 41.0. The van der Waals surface area contributed by atoms with Gasteiger partial charge in [0.05, 0.1) is 11.0 Å². The lowest BCUT2D eigenvalue weighted by Crippen LogP contribution is -1.94. The number of pyridine rings is 2. The molecule has 2 nitrogen and oxygen atoms in total. The average molecular weight is 897 g/mol. The van der Waals surface area contributed by atoms with Gasteiger partial charge in [-0.1, -0.05) is 77.6 Å². The molecule has 8 aromatic heterocycles. The number of fused-ring (bicyclic) bond motifs is 3. The lowest BCUT2D eigenvalue weighted by molar-refractivity contribution is 0.764. The van der Waals surface area contributed by atoms with E-state index in [0.29, 0.717) is 0 Å². The van der Waals surface area contributed by atoms with E-state index in [1.54, 1.807) is 22.3 Å². The molecule has 0 spiro atoms. The number of unbranched alkanes of at least 4 members (excludes halogenated alkanes) is 4. The summed E-state index contributed by atoms with van der Waals surface area (Å²) in [6, 6.07) is 27.4. The molecule has 0 amide bonds. The minimum Gasteiger partial charge on any atom is -0.253 e. The third-order valence-corrected chi connectivity index (χ3v) is 18.9. The minimum atomic E-state index is 0.965. The van der Waals surface area contributed by atoms with Crippen LogP contribution < -0.4 is 0 Å². The Morgan fingerprint density at radius 3 is 1.12 bits per heavy atom. The fraction of sp³-hybridized carbons (Fsp3) is 0.308. The minimum absolute atomic E-state index is 0.965. The van der Waals surface area contributed by atoms with Crippen LogP contribution in [-0.4, -0.2) is 9.97 Å². The highest BCUT2D eigenvalue weighted by Gasteiger charge is 2.24. The average Bonchev–Trinajstić information content (AvgIpc) is 4.14. The number of hydrogen-bond donors (Lipinski definition) is 0. The monoisotopic (exact) mass is 896 g/mol. The Bertz CT molecular complexity index is 2630. The van der Waals surface area contributed by atoms with Gasteiger partial charge in [-0.15, -0.1) is 68.0 Å². The highest BCUT2D eigenvalue weighted by Crippen LogP contribution is 2.50. The van der Waals surface area contributed by atoms with Gasteiger partial charge in [0.25, 0.3) is 0 Å². The van der Waals surface area contributed by atoms with Crippen molar-refractivity contribution in [3.8, 4) is 59.9 Å². The van der Waals surface area contributed by atoms with Gasteiger partial charge < -0.3 is 0 Å². The molecule has 0 saturated heterocycles. The summed E-state index contributed by atoms with van der Waals surface area (Å²) in [6.45, 7) is 9.24. The number of aromatic nitrogens is 2. The number of nitrogens with zero attached hydrogens (tertiary/aromatic N) is 2. The highest BCUT2D eigenvalue weighted by atomic mass is 32.1. The van der Waals surface area contributed by atoms with Crippen LogP contribution in [0.5, 0.6) is 0 Å². The molecular formula is C52H52N2S6. The molecule has 0 radical (unpaired) electrons. The first-order chi connectivity index (χ1) is 29.6. The Morgan fingerprint density at radius 1 is 0.400 bits per heavy atom. The van der Waals surface area contributed by atoms with E-state index in [1.165, 1.54) is 111 Å². The van der Waals surface area contributed by atoms with E-state index in [1.807, 2.05) is 68.0 Å². The first kappa shape index (κ1) is 41.6. The van der Waals surface area contributed by atoms with Gasteiger partial charge >= 0.3 is 0 Å². The molecule has 9 rings (SSSR count). The summed E-state index contributed by atoms with van der Waals surface area (Å²) in [4.78, 5) is 24.2. The van der Waals surface area contributed by atoms with Crippen LogP contribution in [0.15, 0.2) is 96.0 Å². The Kier molecular flexibility index (Phi) is 13.2. The predicted octanol–water partition coefficient (Wildman–Crippen LogP) is 18.5. The number of benzene rings is 1. The molecule has 0 aliphatic heterocycles. The zero-order valence-corrected chi connectivity index (χ0v) is 40.0. The van der Waals surface area contributed by atoms with Crippen molar-refractivity contribution in [2.75, 3.05) is 0 Å². The number of hydrogen-bond acceptors (Lipinski definition) is 8. The molecule has 8 heterocycles. The van der Waals surface area contributed by atoms with Crippen LogP contribution in [0.25, 0.3) is 81.7 Å². The lowest BCUT2D eigenvalue weighted by Gasteiger charge is -2.08. The summed E-state index contributed by atoms with van der Waals surface area (Å²) >= 11 is 11.6. The molecule has 0 saturated carbocycles. The van der Waals surface area contributed by atoms with Crippen molar-refractivity contribution < 1.29 is 0 Å². The maximum absolute atomic E-state index is 5.10. The predicted molar refractivity (Wildman–Crippen MR) is 271 cm³/mol. The van der Waals surface area contributed by atoms with Crippen molar-refractivity contribution >= 4 is 89.8 Å². The van der Waals surface area contributed by atoms with Crippen LogP contribution in [-0.2, 0) is 25.7 Å². The molecule has 306 valence electrons. The van der Waals surface area contributed by atoms with Crippen LogP contribution in [0.3, 0.4) is 0 Å². The molecule has 0 N–H and O–H groups in total. The Hall–Kier alpha value is -3.76. The van der Waals surface area contributed by atoms with Gasteiger partial charge in [-0.2, -0.15) is 0 Å². The van der Waals surface area contributed by atoms with Gasteiger partial charge in [0.2, 0.25) is 0 Å². The van der Waals surface area contributed by atoms with Crippen LogP contribution in [0.2, 0.25) is 0 Å². The molecule has 9 aromatic rings. The second kappa shape index (κ2) is 19.1. The summed E-state index contributed by atoms with van der Waals surface area (Å²) < 4.78 is 0. The second-order valence-corrected chi connectivity index (χ2v) is 21.9. The molecule has 60 heavy (non-hydrogen) atoms. The first-order valence-corrected chi connectivity index (χ1v) is 26.9. The maximum Gasteiger partial charge on any atom is 0.0965 e. The van der Waals surface area contributed by atoms with Crippen LogP contribution in [0, 0.1) is 0 Å². The largest absolute Gasteiger partial charge is 0.253 e. The zero-order valence-electron chi connectivity index (χ0n) is 35.1. The molecular weight excluding hydrogens is 845 g/mol. The summed E-state index contributed by atoms with van der Waals surface area (Å²) in [5.74, 6) is 0. The third-order valence-electron chi connectivity index (χ3n) is 11.6. The summed E-state index contributed by atoms with van der Waals surface area (Å²) in [6.07, 6.45) is 18.5. The van der Waals surface area contributed by atoms with E-state index in [2.05, 4.69) is 124 Å². The lowest BCUT2D eigenvalue weighted by atomic mass is 9.97. The number of rotatable bonds is 18. The van der Waals surface area contributed by atoms with E-state index < -0.39 is 0 Å². The van der Waals surface area contributed by atoms with Gasteiger partial charge in [-0.25, -0.2) is 0 Å². The Morgan fingerprint density at radius 2 is 0.767 bits per heavy atom. The first-order valence-electron chi connectivity index (χ1n) is 21.8. The van der Waals surface area contributed by atoms with Gasteiger partial charge in [-0.05, 0) is 133 Å². The molecule has 0 unspecified atom stereocenters. The smallest absolute Gasteiger partial charge is 0.0965 e. The van der Waals surface area contributed by atoms with Crippen molar-refractivity contribution in [2.45, 2.75) is 105 Å². The van der Waals surface area contributed by atoms with Crippen molar-refractivity contribution in [3.05, 3.63) is 118 Å². The Balaban J connectivity index is 1.01. The van der Waals surface area contributed by atoms with Gasteiger partial charge in [0.15, 0.2) is 0 Å². The topological polar surface area (TPSA) is 25.8 Å². The van der Waals surface area contributed by atoms with E-state index in [9.17, 15) is 0 Å². The fourth-order valence-corrected chi connectivity index (χ4v) is 15.2. The molecule has 0 aliphatic rings. The second-order valence-electron chi connectivity index (χ2n) is 15.8.